The lowest BCUT2D eigenvalue weighted by Gasteiger charge is -2.15. The summed E-state index contributed by atoms with van der Waals surface area (Å²) in [5, 5.41) is 9.50. The second-order valence-corrected chi connectivity index (χ2v) is 9.32. The summed E-state index contributed by atoms with van der Waals surface area (Å²) in [6.07, 6.45) is 2.55. The highest BCUT2D eigenvalue weighted by molar-refractivity contribution is 7.99. The number of carbonyl (C=O) groups is 1. The summed E-state index contributed by atoms with van der Waals surface area (Å²) in [6, 6.07) is 6.16. The van der Waals surface area contributed by atoms with E-state index in [4.69, 9.17) is 0 Å². The van der Waals surface area contributed by atoms with E-state index < -0.39 is 10.0 Å². The van der Waals surface area contributed by atoms with Crippen LogP contribution in [0.1, 0.15) is 26.2 Å². The van der Waals surface area contributed by atoms with Crippen molar-refractivity contribution in [1.82, 2.24) is 19.1 Å². The number of nitrogens with one attached hydrogen (secondary N) is 2. The van der Waals surface area contributed by atoms with E-state index in [1.807, 2.05) is 6.92 Å². The van der Waals surface area contributed by atoms with Gasteiger partial charge in [-0.25, -0.2) is 18.3 Å². The maximum Gasteiger partial charge on any atom is 0.343 e. The van der Waals surface area contributed by atoms with Crippen LogP contribution in [0.5, 0.6) is 0 Å². The zero-order chi connectivity index (χ0) is 20.1. The van der Waals surface area contributed by atoms with Gasteiger partial charge in [0.25, 0.3) is 0 Å². The molecule has 1 saturated heterocycles. The van der Waals surface area contributed by atoms with Gasteiger partial charge >= 0.3 is 5.69 Å². The molecule has 2 N–H and O–H groups in total. The number of aromatic nitrogens is 3. The van der Waals surface area contributed by atoms with Crippen molar-refractivity contribution in [3.8, 4) is 0 Å². The minimum atomic E-state index is -3.47. The molecule has 1 amide bonds. The number of amides is 1. The number of anilines is 1. The maximum atomic E-state index is 12.5. The first-order valence-electron chi connectivity index (χ1n) is 9.10. The van der Waals surface area contributed by atoms with E-state index in [0.29, 0.717) is 30.5 Å². The van der Waals surface area contributed by atoms with Gasteiger partial charge in [0.1, 0.15) is 0 Å². The summed E-state index contributed by atoms with van der Waals surface area (Å²) in [7, 11) is -3.47. The number of rotatable bonds is 8. The number of aromatic amines is 1. The second kappa shape index (κ2) is 8.93. The van der Waals surface area contributed by atoms with Crippen molar-refractivity contribution in [3.63, 3.8) is 0 Å². The SMILES string of the molecule is CCCn1c(SCC(=O)Nc2ccc(S(=O)(=O)N3CCCC3)cc2)n[nH]c1=O. The largest absolute Gasteiger partial charge is 0.343 e. The Morgan fingerprint density at radius 2 is 1.93 bits per heavy atom. The highest BCUT2D eigenvalue weighted by atomic mass is 32.2. The number of benzene rings is 1. The third-order valence-corrected chi connectivity index (χ3v) is 7.23. The van der Waals surface area contributed by atoms with Crippen LogP contribution in [0.15, 0.2) is 39.1 Å². The Kier molecular flexibility index (Phi) is 6.57. The van der Waals surface area contributed by atoms with Gasteiger partial charge in [0.2, 0.25) is 15.9 Å². The first kappa shape index (κ1) is 20.6. The standard InChI is InChI=1S/C17H23N5O4S2/c1-2-9-22-16(24)19-20-17(22)27-12-15(23)18-13-5-7-14(8-6-13)28(25,26)21-10-3-4-11-21/h5-8H,2-4,9-12H2,1H3,(H,18,23)(H,19,24). The van der Waals surface area contributed by atoms with Crippen LogP contribution in [0.2, 0.25) is 0 Å². The van der Waals surface area contributed by atoms with Crippen LogP contribution < -0.4 is 11.0 Å². The van der Waals surface area contributed by atoms with Gasteiger partial charge in [-0.15, -0.1) is 5.10 Å². The average Bonchev–Trinajstić information content (AvgIpc) is 3.33. The maximum absolute atomic E-state index is 12.5. The van der Waals surface area contributed by atoms with Crippen LogP contribution in [-0.2, 0) is 21.4 Å². The van der Waals surface area contributed by atoms with Crippen molar-refractivity contribution < 1.29 is 13.2 Å². The molecule has 0 unspecified atom stereocenters. The molecule has 11 heteroatoms. The third kappa shape index (κ3) is 4.65. The van der Waals surface area contributed by atoms with Gasteiger partial charge in [-0.1, -0.05) is 18.7 Å². The molecule has 0 aliphatic carbocycles. The van der Waals surface area contributed by atoms with Gasteiger partial charge in [0, 0.05) is 25.3 Å². The zero-order valence-electron chi connectivity index (χ0n) is 15.6. The number of sulfonamides is 1. The summed E-state index contributed by atoms with van der Waals surface area (Å²) in [6.45, 7) is 3.59. The predicted molar refractivity (Wildman–Crippen MR) is 107 cm³/mol. The van der Waals surface area contributed by atoms with E-state index in [1.54, 1.807) is 12.1 Å². The number of thioether (sulfide) groups is 1. The Bertz CT molecular complexity index is 976. The fourth-order valence-electron chi connectivity index (χ4n) is 2.95. The Hall–Kier alpha value is -2.11. The van der Waals surface area contributed by atoms with Crippen molar-refractivity contribution in [1.29, 1.82) is 0 Å². The summed E-state index contributed by atoms with van der Waals surface area (Å²) in [5.74, 6) is -0.180. The normalized spacial score (nSPS) is 15.0. The van der Waals surface area contributed by atoms with Gasteiger partial charge in [0.05, 0.1) is 10.6 Å². The van der Waals surface area contributed by atoms with E-state index in [1.165, 1.54) is 32.8 Å². The number of H-pyrrole nitrogens is 1. The average molecular weight is 426 g/mol. The van der Waals surface area contributed by atoms with Crippen molar-refractivity contribution in [2.24, 2.45) is 0 Å². The third-order valence-electron chi connectivity index (χ3n) is 4.34. The van der Waals surface area contributed by atoms with Gasteiger partial charge < -0.3 is 5.32 Å². The van der Waals surface area contributed by atoms with E-state index in [-0.39, 0.29) is 22.2 Å². The zero-order valence-corrected chi connectivity index (χ0v) is 17.2. The molecule has 0 radical (unpaired) electrons. The van der Waals surface area contributed by atoms with Crippen LogP contribution in [0.4, 0.5) is 5.69 Å². The van der Waals surface area contributed by atoms with Crippen LogP contribution >= 0.6 is 11.8 Å². The molecule has 0 atom stereocenters. The highest BCUT2D eigenvalue weighted by Gasteiger charge is 2.26. The molecule has 0 bridgehead atoms. The van der Waals surface area contributed by atoms with Crippen LogP contribution in [-0.4, -0.2) is 52.2 Å². The van der Waals surface area contributed by atoms with Crippen molar-refractivity contribution in [2.45, 2.75) is 42.8 Å². The van der Waals surface area contributed by atoms with Gasteiger partial charge in [-0.05, 0) is 43.5 Å². The minimum absolute atomic E-state index is 0.0852. The first-order chi connectivity index (χ1) is 13.4. The fourth-order valence-corrected chi connectivity index (χ4v) is 5.24. The molecule has 1 aliphatic heterocycles. The number of hydrogen-bond acceptors (Lipinski definition) is 6. The Morgan fingerprint density at radius 1 is 1.25 bits per heavy atom. The molecule has 1 aromatic heterocycles. The monoisotopic (exact) mass is 425 g/mol. The van der Waals surface area contributed by atoms with Crippen molar-refractivity contribution in [3.05, 3.63) is 34.7 Å². The fraction of sp³-hybridized carbons (Fsp3) is 0.471. The van der Waals surface area contributed by atoms with Gasteiger partial charge in [0.15, 0.2) is 5.16 Å². The van der Waals surface area contributed by atoms with Gasteiger partial charge in [-0.3, -0.25) is 9.36 Å². The number of hydrogen-bond donors (Lipinski definition) is 2. The summed E-state index contributed by atoms with van der Waals surface area (Å²) in [5.41, 5.74) is 0.221. The summed E-state index contributed by atoms with van der Waals surface area (Å²) < 4.78 is 28.0. The minimum Gasteiger partial charge on any atom is -0.325 e. The molecule has 28 heavy (non-hydrogen) atoms. The van der Waals surface area contributed by atoms with E-state index in [0.717, 1.165) is 19.3 Å². The molecule has 2 heterocycles. The smallest absolute Gasteiger partial charge is 0.325 e. The lowest BCUT2D eigenvalue weighted by Crippen LogP contribution is -2.27. The van der Waals surface area contributed by atoms with Crippen LogP contribution in [0, 0.1) is 0 Å². The van der Waals surface area contributed by atoms with E-state index in [2.05, 4.69) is 15.5 Å². The lowest BCUT2D eigenvalue weighted by molar-refractivity contribution is -0.113. The molecule has 152 valence electrons. The Balaban J connectivity index is 1.58. The first-order valence-corrected chi connectivity index (χ1v) is 11.5. The molecular formula is C17H23N5O4S2. The molecule has 2 aromatic rings. The van der Waals surface area contributed by atoms with Crippen LogP contribution in [0.3, 0.4) is 0 Å². The van der Waals surface area contributed by atoms with E-state index >= 15 is 0 Å². The second-order valence-electron chi connectivity index (χ2n) is 6.44. The molecule has 0 saturated carbocycles. The number of carbonyl (C=O) groups excluding carboxylic acids is 1. The lowest BCUT2D eigenvalue weighted by atomic mass is 10.3. The molecular weight excluding hydrogens is 402 g/mol. The molecule has 1 aromatic carbocycles. The summed E-state index contributed by atoms with van der Waals surface area (Å²) in [4.78, 5) is 24.0. The Morgan fingerprint density at radius 3 is 2.57 bits per heavy atom. The molecule has 1 fully saturated rings. The summed E-state index contributed by atoms with van der Waals surface area (Å²) >= 11 is 1.17. The molecule has 0 spiro atoms. The Labute approximate surface area is 167 Å². The van der Waals surface area contributed by atoms with Gasteiger partial charge in [-0.2, -0.15) is 4.31 Å². The molecule has 1 aliphatic rings. The molecule has 3 rings (SSSR count). The topological polar surface area (TPSA) is 117 Å². The highest BCUT2D eigenvalue weighted by Crippen LogP contribution is 2.22. The quantitative estimate of drug-likeness (QED) is 0.619. The number of nitrogens with zero attached hydrogens (tertiary/aromatic N) is 3. The van der Waals surface area contributed by atoms with Crippen LogP contribution in [0.25, 0.3) is 0 Å². The van der Waals surface area contributed by atoms with Crippen molar-refractivity contribution >= 4 is 33.4 Å². The molecule has 9 nitrogen and oxygen atoms in total. The van der Waals surface area contributed by atoms with Crippen molar-refractivity contribution in [2.75, 3.05) is 24.2 Å². The van der Waals surface area contributed by atoms with E-state index in [9.17, 15) is 18.0 Å². The predicted octanol–water partition coefficient (Wildman–Crippen LogP) is 1.50.